The van der Waals surface area contributed by atoms with E-state index >= 15 is 0 Å². The van der Waals surface area contributed by atoms with Gasteiger partial charge in [-0.25, -0.2) is 4.79 Å². The zero-order valence-electron chi connectivity index (χ0n) is 11.1. The first-order chi connectivity index (χ1) is 9.25. The van der Waals surface area contributed by atoms with Crippen LogP contribution in [0, 0.1) is 0 Å². The molecule has 3 heteroatoms. The predicted octanol–water partition coefficient (Wildman–Crippen LogP) is 2.58. The fourth-order valence-corrected chi connectivity index (χ4v) is 3.81. The molecule has 0 bridgehead atoms. The van der Waals surface area contributed by atoms with Gasteiger partial charge in [0.1, 0.15) is 6.10 Å². The van der Waals surface area contributed by atoms with Crippen molar-refractivity contribution in [3.63, 3.8) is 0 Å². The van der Waals surface area contributed by atoms with E-state index in [2.05, 4.69) is 29.2 Å². The molecule has 0 saturated heterocycles. The maximum atomic E-state index is 11.8. The van der Waals surface area contributed by atoms with Gasteiger partial charge in [0.05, 0.1) is 17.3 Å². The fraction of sp³-hybridized carbons (Fsp3) is 0.438. The van der Waals surface area contributed by atoms with E-state index in [1.807, 2.05) is 6.92 Å². The van der Waals surface area contributed by atoms with Gasteiger partial charge >= 0.3 is 5.97 Å². The summed E-state index contributed by atoms with van der Waals surface area (Å²) in [5.41, 5.74) is 4.97. The minimum atomic E-state index is -0.0974. The van der Waals surface area contributed by atoms with Gasteiger partial charge in [0, 0.05) is 6.54 Å². The largest absolute Gasteiger partial charge is 0.453 e. The third kappa shape index (κ3) is 1.47. The molecule has 0 saturated carbocycles. The van der Waals surface area contributed by atoms with Crippen molar-refractivity contribution in [1.29, 1.82) is 0 Å². The predicted molar refractivity (Wildman–Crippen MR) is 71.4 cm³/mol. The van der Waals surface area contributed by atoms with Crippen molar-refractivity contribution in [2.75, 3.05) is 6.54 Å². The molecule has 0 aliphatic carbocycles. The third-order valence-corrected chi connectivity index (χ3v) is 4.61. The highest BCUT2D eigenvalue weighted by molar-refractivity contribution is 5.92. The normalized spacial score (nSPS) is 28.7. The third-order valence-electron chi connectivity index (χ3n) is 4.61. The van der Waals surface area contributed by atoms with Gasteiger partial charge in [-0.3, -0.25) is 0 Å². The molecule has 19 heavy (non-hydrogen) atoms. The Morgan fingerprint density at radius 1 is 1.26 bits per heavy atom. The Balaban J connectivity index is 1.80. The standard InChI is InChI=1S/C16H17NO2/c1-10-15-13(16(18)19-10)6-7-14-12-5-3-2-4-11(12)8-9-17(14)15/h2-5,10,14H,6-9H2,1H3/t10-,14-/m1/s1. The highest BCUT2D eigenvalue weighted by atomic mass is 16.5. The monoisotopic (exact) mass is 255 g/mol. The smallest absolute Gasteiger partial charge is 0.336 e. The SMILES string of the molecule is C[C@H]1OC(=O)C2=C1N1CCc3ccccc3[C@H]1CC2. The number of carbonyl (C=O) groups is 1. The van der Waals surface area contributed by atoms with Crippen LogP contribution in [0.3, 0.4) is 0 Å². The molecule has 4 rings (SSSR count). The van der Waals surface area contributed by atoms with Crippen molar-refractivity contribution < 1.29 is 9.53 Å². The van der Waals surface area contributed by atoms with Gasteiger partial charge in [-0.15, -0.1) is 0 Å². The molecule has 0 N–H and O–H groups in total. The Morgan fingerprint density at radius 3 is 3.00 bits per heavy atom. The molecule has 1 aromatic carbocycles. The van der Waals surface area contributed by atoms with Crippen molar-refractivity contribution in [3.8, 4) is 0 Å². The molecular weight excluding hydrogens is 238 g/mol. The first-order valence-electron chi connectivity index (χ1n) is 7.04. The van der Waals surface area contributed by atoms with Crippen LogP contribution in [0.4, 0.5) is 0 Å². The molecular formula is C16H17NO2. The molecule has 3 aliphatic rings. The van der Waals surface area contributed by atoms with Gasteiger partial charge in [-0.05, 0) is 37.3 Å². The summed E-state index contributed by atoms with van der Waals surface area (Å²) in [6.07, 6.45) is 2.87. The van der Waals surface area contributed by atoms with E-state index in [-0.39, 0.29) is 12.1 Å². The van der Waals surface area contributed by atoms with E-state index in [1.54, 1.807) is 0 Å². The van der Waals surface area contributed by atoms with E-state index < -0.39 is 0 Å². The van der Waals surface area contributed by atoms with Crippen LogP contribution in [0.15, 0.2) is 35.5 Å². The second-order valence-electron chi connectivity index (χ2n) is 5.61. The Kier molecular flexibility index (Phi) is 2.25. The number of carbonyl (C=O) groups excluding carboxylic acids is 1. The van der Waals surface area contributed by atoms with Gasteiger partial charge in [0.25, 0.3) is 0 Å². The number of rotatable bonds is 0. The number of hydrogen-bond donors (Lipinski definition) is 0. The molecule has 0 aromatic heterocycles. The lowest BCUT2D eigenvalue weighted by molar-refractivity contribution is -0.139. The molecule has 1 aromatic rings. The maximum Gasteiger partial charge on any atom is 0.336 e. The van der Waals surface area contributed by atoms with Crippen molar-refractivity contribution >= 4 is 5.97 Å². The van der Waals surface area contributed by atoms with Crippen LogP contribution < -0.4 is 0 Å². The summed E-state index contributed by atoms with van der Waals surface area (Å²) >= 11 is 0. The number of ether oxygens (including phenoxy) is 1. The van der Waals surface area contributed by atoms with Crippen LogP contribution in [-0.2, 0) is 16.0 Å². The van der Waals surface area contributed by atoms with Gasteiger partial charge in [0.15, 0.2) is 0 Å². The van der Waals surface area contributed by atoms with Crippen molar-refractivity contribution in [3.05, 3.63) is 46.7 Å². The number of benzene rings is 1. The first-order valence-corrected chi connectivity index (χ1v) is 7.04. The molecule has 0 amide bonds. The average Bonchev–Trinajstić information content (AvgIpc) is 2.74. The summed E-state index contributed by atoms with van der Waals surface area (Å²) in [5, 5.41) is 0. The average molecular weight is 255 g/mol. The van der Waals surface area contributed by atoms with Crippen LogP contribution in [0.25, 0.3) is 0 Å². The fourth-order valence-electron chi connectivity index (χ4n) is 3.81. The van der Waals surface area contributed by atoms with Crippen molar-refractivity contribution in [1.82, 2.24) is 4.90 Å². The number of hydrogen-bond acceptors (Lipinski definition) is 3. The summed E-state index contributed by atoms with van der Waals surface area (Å²) in [5.74, 6) is -0.0974. The quantitative estimate of drug-likeness (QED) is 0.667. The van der Waals surface area contributed by atoms with Crippen LogP contribution in [0.2, 0.25) is 0 Å². The number of fused-ring (bicyclic) bond motifs is 4. The molecule has 3 heterocycles. The maximum absolute atomic E-state index is 11.8. The Bertz CT molecular complexity index is 590. The summed E-state index contributed by atoms with van der Waals surface area (Å²) < 4.78 is 5.39. The zero-order valence-corrected chi connectivity index (χ0v) is 11.1. The molecule has 0 fully saturated rings. The highest BCUT2D eigenvalue weighted by Gasteiger charge is 2.42. The molecule has 98 valence electrons. The lowest BCUT2D eigenvalue weighted by Gasteiger charge is -2.43. The number of esters is 1. The van der Waals surface area contributed by atoms with E-state index in [0.29, 0.717) is 6.04 Å². The summed E-state index contributed by atoms with van der Waals surface area (Å²) in [6, 6.07) is 9.13. The van der Waals surface area contributed by atoms with Crippen molar-refractivity contribution in [2.45, 2.75) is 38.3 Å². The van der Waals surface area contributed by atoms with Crippen LogP contribution in [-0.4, -0.2) is 23.5 Å². The molecule has 0 spiro atoms. The molecule has 3 aliphatic heterocycles. The molecule has 2 atom stereocenters. The lowest BCUT2D eigenvalue weighted by atomic mass is 9.85. The second-order valence-corrected chi connectivity index (χ2v) is 5.61. The summed E-state index contributed by atoms with van der Waals surface area (Å²) in [7, 11) is 0. The Morgan fingerprint density at radius 2 is 2.11 bits per heavy atom. The molecule has 0 unspecified atom stereocenters. The minimum Gasteiger partial charge on any atom is -0.453 e. The topological polar surface area (TPSA) is 29.5 Å². The summed E-state index contributed by atoms with van der Waals surface area (Å²) in [6.45, 7) is 2.99. The number of nitrogens with zero attached hydrogens (tertiary/aromatic N) is 1. The van der Waals surface area contributed by atoms with E-state index in [0.717, 1.165) is 37.1 Å². The lowest BCUT2D eigenvalue weighted by Crippen LogP contribution is -2.39. The first kappa shape index (κ1) is 11.1. The minimum absolute atomic E-state index is 0.0736. The Labute approximate surface area is 112 Å². The van der Waals surface area contributed by atoms with Gasteiger partial charge in [-0.2, -0.15) is 0 Å². The van der Waals surface area contributed by atoms with E-state index in [9.17, 15) is 4.79 Å². The van der Waals surface area contributed by atoms with Gasteiger partial charge in [0.2, 0.25) is 0 Å². The van der Waals surface area contributed by atoms with Crippen LogP contribution >= 0.6 is 0 Å². The molecule has 0 radical (unpaired) electrons. The molecule has 3 nitrogen and oxygen atoms in total. The van der Waals surface area contributed by atoms with Crippen LogP contribution in [0.5, 0.6) is 0 Å². The van der Waals surface area contributed by atoms with Crippen molar-refractivity contribution in [2.24, 2.45) is 0 Å². The van der Waals surface area contributed by atoms with E-state index in [1.165, 1.54) is 11.1 Å². The van der Waals surface area contributed by atoms with Gasteiger partial charge < -0.3 is 9.64 Å². The summed E-state index contributed by atoms with van der Waals surface area (Å²) in [4.78, 5) is 14.2. The second kappa shape index (κ2) is 3.86. The van der Waals surface area contributed by atoms with E-state index in [4.69, 9.17) is 4.74 Å². The highest BCUT2D eigenvalue weighted by Crippen LogP contribution is 2.44. The van der Waals surface area contributed by atoms with Crippen LogP contribution in [0.1, 0.15) is 36.9 Å². The zero-order chi connectivity index (χ0) is 13.0. The number of cyclic esters (lactones) is 1. The van der Waals surface area contributed by atoms with Gasteiger partial charge in [-0.1, -0.05) is 24.3 Å². The Hall–Kier alpha value is -1.77.